The maximum Gasteiger partial charge on any atom is 0.293 e. The van der Waals surface area contributed by atoms with E-state index in [4.69, 9.17) is 0 Å². The van der Waals surface area contributed by atoms with Gasteiger partial charge in [-0.15, -0.1) is 0 Å². The van der Waals surface area contributed by atoms with Gasteiger partial charge in [-0.05, 0) is 31.9 Å². The summed E-state index contributed by atoms with van der Waals surface area (Å²) >= 11 is 0. The zero-order chi connectivity index (χ0) is 22.6. The number of para-hydroxylation sites is 1. The monoisotopic (exact) mass is 424 g/mol. The lowest BCUT2D eigenvalue weighted by Gasteiger charge is -2.38. The minimum atomic E-state index is -0.620. The molecule has 1 heterocycles. The Kier molecular flexibility index (Phi) is 6.70. The maximum absolute atomic E-state index is 13.1. The van der Waals surface area contributed by atoms with Crippen LogP contribution in [0.3, 0.4) is 0 Å². The molecule has 8 heteroatoms. The van der Waals surface area contributed by atoms with Crippen molar-refractivity contribution in [3.05, 3.63) is 69.8 Å². The lowest BCUT2D eigenvalue weighted by Crippen LogP contribution is -2.54. The fourth-order valence-electron chi connectivity index (χ4n) is 3.83. The van der Waals surface area contributed by atoms with Gasteiger partial charge in [0.15, 0.2) is 0 Å². The van der Waals surface area contributed by atoms with Gasteiger partial charge in [-0.25, -0.2) is 0 Å². The Balaban J connectivity index is 1.57. The van der Waals surface area contributed by atoms with Gasteiger partial charge in [-0.2, -0.15) is 0 Å². The zero-order valence-electron chi connectivity index (χ0n) is 18.1. The number of hydrogen-bond donors (Lipinski definition) is 1. The van der Waals surface area contributed by atoms with Crippen molar-refractivity contribution in [1.29, 1.82) is 0 Å². The Hall–Kier alpha value is -3.26. The average molecular weight is 425 g/mol. The molecule has 2 aromatic carbocycles. The van der Waals surface area contributed by atoms with Gasteiger partial charge >= 0.3 is 0 Å². The molecule has 1 saturated heterocycles. The summed E-state index contributed by atoms with van der Waals surface area (Å²) in [6.07, 6.45) is 0. The van der Waals surface area contributed by atoms with E-state index in [1.807, 2.05) is 54.0 Å². The number of nitro groups is 1. The fraction of sp³-hybridized carbons (Fsp3) is 0.391. The molecule has 2 amide bonds. The number of piperazine rings is 1. The Labute approximate surface area is 182 Å². The molecule has 1 N–H and O–H groups in total. The lowest BCUT2D eigenvalue weighted by atomic mass is 9.83. The van der Waals surface area contributed by atoms with E-state index in [1.165, 1.54) is 6.07 Å². The molecule has 1 aliphatic rings. The lowest BCUT2D eigenvalue weighted by molar-refractivity contribution is -0.384. The van der Waals surface area contributed by atoms with Crippen LogP contribution >= 0.6 is 0 Å². The molecule has 2 aromatic rings. The predicted molar refractivity (Wildman–Crippen MR) is 119 cm³/mol. The summed E-state index contributed by atoms with van der Waals surface area (Å²) in [5.41, 5.74) is 1.11. The van der Waals surface area contributed by atoms with Crippen molar-refractivity contribution in [2.24, 2.45) is 0 Å². The van der Waals surface area contributed by atoms with Gasteiger partial charge in [-0.3, -0.25) is 24.6 Å². The Morgan fingerprint density at radius 1 is 1.03 bits per heavy atom. The van der Waals surface area contributed by atoms with Crippen LogP contribution in [0.25, 0.3) is 0 Å². The molecule has 0 radical (unpaired) electrons. The highest BCUT2D eigenvalue weighted by molar-refractivity contribution is 5.95. The van der Waals surface area contributed by atoms with Crippen LogP contribution in [0.2, 0.25) is 0 Å². The van der Waals surface area contributed by atoms with Crippen LogP contribution in [0.15, 0.2) is 48.5 Å². The summed E-state index contributed by atoms with van der Waals surface area (Å²) in [6.45, 7) is 7.91. The summed E-state index contributed by atoms with van der Waals surface area (Å²) in [5, 5.41) is 13.9. The van der Waals surface area contributed by atoms with Gasteiger partial charge in [-0.1, -0.05) is 42.5 Å². The molecule has 1 fully saturated rings. The van der Waals surface area contributed by atoms with E-state index >= 15 is 0 Å². The molecule has 0 spiro atoms. The van der Waals surface area contributed by atoms with Crippen LogP contribution in [0.4, 0.5) is 11.4 Å². The first-order valence-electron chi connectivity index (χ1n) is 10.3. The molecule has 3 rings (SSSR count). The van der Waals surface area contributed by atoms with Crippen LogP contribution < -0.4 is 5.32 Å². The van der Waals surface area contributed by atoms with Crippen molar-refractivity contribution in [3.63, 3.8) is 0 Å². The zero-order valence-corrected chi connectivity index (χ0v) is 18.1. The van der Waals surface area contributed by atoms with Gasteiger partial charge < -0.3 is 10.2 Å². The first kappa shape index (κ1) is 22.4. The highest BCUT2D eigenvalue weighted by Gasteiger charge is 2.35. The molecule has 1 aliphatic heterocycles. The second kappa shape index (κ2) is 9.26. The largest absolute Gasteiger partial charge is 0.339 e. The van der Waals surface area contributed by atoms with E-state index in [9.17, 15) is 19.7 Å². The third-order valence-corrected chi connectivity index (χ3v) is 5.77. The maximum atomic E-state index is 13.1. The topological polar surface area (TPSA) is 95.8 Å². The number of benzene rings is 2. The number of nitrogens with one attached hydrogen (secondary N) is 1. The average Bonchev–Trinajstić information content (AvgIpc) is 2.75. The highest BCUT2D eigenvalue weighted by Crippen LogP contribution is 2.28. The molecular weight excluding hydrogens is 396 g/mol. The van der Waals surface area contributed by atoms with Gasteiger partial charge in [0.25, 0.3) is 5.69 Å². The van der Waals surface area contributed by atoms with Crippen molar-refractivity contribution >= 4 is 23.2 Å². The minimum absolute atomic E-state index is 0.0679. The van der Waals surface area contributed by atoms with E-state index in [0.29, 0.717) is 31.7 Å². The smallest absolute Gasteiger partial charge is 0.293 e. The van der Waals surface area contributed by atoms with E-state index in [2.05, 4.69) is 5.32 Å². The first-order valence-corrected chi connectivity index (χ1v) is 10.3. The number of carbonyl (C=O) groups excluding carboxylic acids is 2. The SMILES string of the molecule is Cc1cccc([N+](=O)[O-])c1NC(=O)CN1CCN(C(=O)C(C)(C)c2ccccc2)CC1. The number of carbonyl (C=O) groups is 2. The Morgan fingerprint density at radius 3 is 2.29 bits per heavy atom. The molecule has 0 aromatic heterocycles. The number of hydrogen-bond acceptors (Lipinski definition) is 5. The van der Waals surface area contributed by atoms with Crippen LogP contribution in [0, 0.1) is 17.0 Å². The van der Waals surface area contributed by atoms with Crippen molar-refractivity contribution in [2.75, 3.05) is 38.0 Å². The molecule has 0 bridgehead atoms. The number of nitro benzene ring substituents is 1. The molecule has 0 atom stereocenters. The quantitative estimate of drug-likeness (QED) is 0.568. The molecule has 0 unspecified atom stereocenters. The number of aryl methyl sites for hydroxylation is 1. The number of anilines is 1. The van der Waals surface area contributed by atoms with Crippen LogP contribution in [-0.2, 0) is 15.0 Å². The summed E-state index contributed by atoms with van der Waals surface area (Å²) < 4.78 is 0. The fourth-order valence-corrected chi connectivity index (χ4v) is 3.83. The molecule has 164 valence electrons. The molecule has 8 nitrogen and oxygen atoms in total. The van der Waals surface area contributed by atoms with Crippen LogP contribution in [0.1, 0.15) is 25.0 Å². The van der Waals surface area contributed by atoms with E-state index in [0.717, 1.165) is 5.56 Å². The van der Waals surface area contributed by atoms with Crippen LogP contribution in [-0.4, -0.2) is 59.3 Å². The van der Waals surface area contributed by atoms with Crippen molar-refractivity contribution in [3.8, 4) is 0 Å². The third-order valence-electron chi connectivity index (χ3n) is 5.77. The van der Waals surface area contributed by atoms with Crippen molar-refractivity contribution in [2.45, 2.75) is 26.2 Å². The Morgan fingerprint density at radius 2 is 1.68 bits per heavy atom. The van der Waals surface area contributed by atoms with Crippen LogP contribution in [0.5, 0.6) is 0 Å². The second-order valence-electron chi connectivity index (χ2n) is 8.33. The van der Waals surface area contributed by atoms with E-state index < -0.39 is 10.3 Å². The second-order valence-corrected chi connectivity index (χ2v) is 8.33. The molecular formula is C23H28N4O4. The number of amides is 2. The third kappa shape index (κ3) is 5.08. The summed E-state index contributed by atoms with van der Waals surface area (Å²) in [6, 6.07) is 14.4. The predicted octanol–water partition coefficient (Wildman–Crippen LogP) is 2.96. The van der Waals surface area contributed by atoms with Gasteiger partial charge in [0.2, 0.25) is 11.8 Å². The first-order chi connectivity index (χ1) is 14.7. The molecule has 0 aliphatic carbocycles. The molecule has 0 saturated carbocycles. The number of nitrogens with zero attached hydrogens (tertiary/aromatic N) is 3. The summed E-state index contributed by atoms with van der Waals surface area (Å²) in [4.78, 5) is 40.1. The van der Waals surface area contributed by atoms with Crippen molar-refractivity contribution in [1.82, 2.24) is 9.80 Å². The summed E-state index contributed by atoms with van der Waals surface area (Å²) in [7, 11) is 0. The van der Waals surface area contributed by atoms with Gasteiger partial charge in [0.1, 0.15) is 5.69 Å². The number of rotatable bonds is 6. The van der Waals surface area contributed by atoms with E-state index in [-0.39, 0.29) is 29.7 Å². The van der Waals surface area contributed by atoms with E-state index in [1.54, 1.807) is 19.1 Å². The highest BCUT2D eigenvalue weighted by atomic mass is 16.6. The summed E-state index contributed by atoms with van der Waals surface area (Å²) in [5.74, 6) is -0.236. The van der Waals surface area contributed by atoms with Gasteiger partial charge in [0, 0.05) is 32.2 Å². The van der Waals surface area contributed by atoms with Gasteiger partial charge in [0.05, 0.1) is 16.9 Å². The van der Waals surface area contributed by atoms with Crippen molar-refractivity contribution < 1.29 is 14.5 Å². The normalized spacial score (nSPS) is 14.9. The standard InChI is InChI=1S/C23H28N4O4/c1-17-8-7-11-19(27(30)31)21(17)24-20(28)16-25-12-14-26(15-13-25)22(29)23(2,3)18-9-5-4-6-10-18/h4-11H,12-16H2,1-3H3,(H,24,28). The Bertz CT molecular complexity index is 967. The minimum Gasteiger partial charge on any atom is -0.339 e. The molecule has 31 heavy (non-hydrogen) atoms.